The Labute approximate surface area is 67.6 Å². The summed E-state index contributed by atoms with van der Waals surface area (Å²) in [5.41, 5.74) is 0.694. The number of hydrogen-bond acceptors (Lipinski definition) is 2. The minimum atomic E-state index is 0.128. The van der Waals surface area contributed by atoms with E-state index in [0.29, 0.717) is 17.8 Å². The van der Waals surface area contributed by atoms with E-state index >= 15 is 0 Å². The van der Waals surface area contributed by atoms with E-state index in [1.165, 1.54) is 7.11 Å². The van der Waals surface area contributed by atoms with E-state index in [1.54, 1.807) is 13.0 Å². The number of carbonyl (C=O) groups excluding carboxylic acids is 1. The largest absolute Gasteiger partial charge is 0.497 e. The Morgan fingerprint density at radius 2 is 2.18 bits per heavy atom. The summed E-state index contributed by atoms with van der Waals surface area (Å²) in [6.07, 6.45) is 2.17. The van der Waals surface area contributed by atoms with Crippen LogP contribution in [0, 0.1) is 0 Å². The van der Waals surface area contributed by atoms with Gasteiger partial charge in [-0.1, -0.05) is 13.5 Å². The zero-order chi connectivity index (χ0) is 8.85. The molecule has 0 heterocycles. The molecular formula is C9H14O2. The first-order valence-electron chi connectivity index (χ1n) is 3.56. The molecule has 0 spiro atoms. The molecule has 0 N–H and O–H groups in total. The van der Waals surface area contributed by atoms with Crippen LogP contribution in [-0.2, 0) is 9.53 Å². The summed E-state index contributed by atoms with van der Waals surface area (Å²) in [4.78, 5) is 11.0. The molecule has 11 heavy (non-hydrogen) atoms. The van der Waals surface area contributed by atoms with Crippen molar-refractivity contribution in [3.05, 3.63) is 24.0 Å². The monoisotopic (exact) mass is 154 g/mol. The van der Waals surface area contributed by atoms with Crippen molar-refractivity contribution in [1.29, 1.82) is 0 Å². The molecule has 0 amide bonds. The first-order valence-corrected chi connectivity index (χ1v) is 3.56. The number of Topliss-reactive ketones (excluding diaryl/α,β-unsaturated/α-hetero) is 1. The number of ketones is 1. The van der Waals surface area contributed by atoms with E-state index < -0.39 is 0 Å². The summed E-state index contributed by atoms with van der Waals surface area (Å²) in [5, 5.41) is 0. The Morgan fingerprint density at radius 1 is 1.64 bits per heavy atom. The van der Waals surface area contributed by atoms with E-state index in [4.69, 9.17) is 4.74 Å². The van der Waals surface area contributed by atoms with Crippen LogP contribution in [0.3, 0.4) is 0 Å². The Bertz CT molecular complexity index is 190. The standard InChI is InChI=1S/C9H14O2/c1-5-9(10)7(2)6-8(3)11-4/h6H,3,5H2,1-2,4H3. The Kier molecular flexibility index (Phi) is 4.27. The van der Waals surface area contributed by atoms with Crippen LogP contribution in [0.25, 0.3) is 0 Å². The number of hydrogen-bond donors (Lipinski definition) is 0. The van der Waals surface area contributed by atoms with Crippen molar-refractivity contribution in [2.45, 2.75) is 20.3 Å². The maximum Gasteiger partial charge on any atom is 0.158 e. The van der Waals surface area contributed by atoms with Crippen LogP contribution in [0.5, 0.6) is 0 Å². The van der Waals surface area contributed by atoms with Gasteiger partial charge in [0.15, 0.2) is 5.78 Å². The van der Waals surface area contributed by atoms with Gasteiger partial charge < -0.3 is 4.74 Å². The van der Waals surface area contributed by atoms with Gasteiger partial charge >= 0.3 is 0 Å². The molecule has 62 valence electrons. The Morgan fingerprint density at radius 3 is 2.55 bits per heavy atom. The normalized spacial score (nSPS) is 11.0. The third-order valence-electron chi connectivity index (χ3n) is 1.40. The zero-order valence-corrected chi connectivity index (χ0v) is 7.31. The van der Waals surface area contributed by atoms with Crippen LogP contribution in [0.15, 0.2) is 24.0 Å². The highest BCUT2D eigenvalue weighted by atomic mass is 16.5. The molecule has 2 nitrogen and oxygen atoms in total. The molecule has 0 bridgehead atoms. The van der Waals surface area contributed by atoms with Gasteiger partial charge in [0.05, 0.1) is 7.11 Å². The van der Waals surface area contributed by atoms with Crippen molar-refractivity contribution >= 4 is 5.78 Å². The molecule has 0 aromatic carbocycles. The van der Waals surface area contributed by atoms with Crippen molar-refractivity contribution in [2.24, 2.45) is 0 Å². The van der Waals surface area contributed by atoms with Crippen LogP contribution < -0.4 is 0 Å². The van der Waals surface area contributed by atoms with Gasteiger partial charge in [0.25, 0.3) is 0 Å². The summed E-state index contributed by atoms with van der Waals surface area (Å²) in [5.74, 6) is 0.646. The molecule has 0 atom stereocenters. The van der Waals surface area contributed by atoms with Gasteiger partial charge in [-0.05, 0) is 18.6 Å². The summed E-state index contributed by atoms with van der Waals surface area (Å²) >= 11 is 0. The van der Waals surface area contributed by atoms with Gasteiger partial charge in [-0.15, -0.1) is 0 Å². The van der Waals surface area contributed by atoms with Gasteiger partial charge in [-0.25, -0.2) is 0 Å². The van der Waals surface area contributed by atoms with Crippen LogP contribution in [-0.4, -0.2) is 12.9 Å². The first-order chi connectivity index (χ1) is 5.11. The SMILES string of the molecule is C=C(C=C(C)C(=O)CC)OC. The number of ether oxygens (including phenoxy) is 1. The molecule has 0 aliphatic heterocycles. The fourth-order valence-corrected chi connectivity index (χ4v) is 0.660. The lowest BCUT2D eigenvalue weighted by molar-refractivity contribution is -0.115. The minimum absolute atomic E-state index is 0.128. The predicted octanol–water partition coefficient (Wildman–Crippen LogP) is 2.07. The van der Waals surface area contributed by atoms with E-state index in [2.05, 4.69) is 6.58 Å². The summed E-state index contributed by atoms with van der Waals surface area (Å²) < 4.78 is 4.79. The maximum absolute atomic E-state index is 11.0. The highest BCUT2D eigenvalue weighted by Crippen LogP contribution is 2.03. The van der Waals surface area contributed by atoms with Gasteiger partial charge in [-0.2, -0.15) is 0 Å². The third-order valence-corrected chi connectivity index (χ3v) is 1.40. The molecule has 0 unspecified atom stereocenters. The molecule has 0 saturated heterocycles. The highest BCUT2D eigenvalue weighted by molar-refractivity contribution is 5.94. The number of carbonyl (C=O) groups is 1. The van der Waals surface area contributed by atoms with Crippen molar-refractivity contribution in [2.75, 3.05) is 7.11 Å². The van der Waals surface area contributed by atoms with Gasteiger partial charge in [0.1, 0.15) is 5.76 Å². The lowest BCUT2D eigenvalue weighted by Gasteiger charge is -1.99. The van der Waals surface area contributed by atoms with Crippen molar-refractivity contribution < 1.29 is 9.53 Å². The predicted molar refractivity (Wildman–Crippen MR) is 45.2 cm³/mol. The van der Waals surface area contributed by atoms with E-state index in [9.17, 15) is 4.79 Å². The molecule has 0 radical (unpaired) electrons. The lowest BCUT2D eigenvalue weighted by Crippen LogP contribution is -1.97. The van der Waals surface area contributed by atoms with Crippen LogP contribution in [0.2, 0.25) is 0 Å². The molecule has 0 aromatic heterocycles. The van der Waals surface area contributed by atoms with Gasteiger partial charge in [0.2, 0.25) is 0 Å². The second-order valence-corrected chi connectivity index (χ2v) is 2.27. The highest BCUT2D eigenvalue weighted by Gasteiger charge is 2.00. The molecule has 0 aromatic rings. The molecule has 0 saturated carbocycles. The summed E-state index contributed by atoms with van der Waals surface area (Å²) in [6.45, 7) is 7.17. The fourth-order valence-electron chi connectivity index (χ4n) is 0.660. The van der Waals surface area contributed by atoms with Crippen LogP contribution >= 0.6 is 0 Å². The molecule has 0 aliphatic rings. The number of allylic oxidation sites excluding steroid dienone is 2. The molecule has 0 fully saturated rings. The second-order valence-electron chi connectivity index (χ2n) is 2.27. The van der Waals surface area contributed by atoms with Crippen molar-refractivity contribution in [3.8, 4) is 0 Å². The summed E-state index contributed by atoms with van der Waals surface area (Å²) in [7, 11) is 1.53. The lowest BCUT2D eigenvalue weighted by atomic mass is 10.1. The smallest absolute Gasteiger partial charge is 0.158 e. The van der Waals surface area contributed by atoms with Gasteiger partial charge in [-0.3, -0.25) is 4.79 Å². The minimum Gasteiger partial charge on any atom is -0.497 e. The van der Waals surface area contributed by atoms with Crippen LogP contribution in [0.1, 0.15) is 20.3 Å². The zero-order valence-electron chi connectivity index (χ0n) is 7.31. The Hall–Kier alpha value is -1.05. The topological polar surface area (TPSA) is 26.3 Å². The Balaban J connectivity index is 4.21. The fraction of sp³-hybridized carbons (Fsp3) is 0.444. The van der Waals surface area contributed by atoms with Gasteiger partial charge in [0, 0.05) is 6.42 Å². The van der Waals surface area contributed by atoms with Crippen molar-refractivity contribution in [1.82, 2.24) is 0 Å². The molecule has 2 heteroatoms. The first kappa shape index (κ1) is 9.95. The van der Waals surface area contributed by atoms with E-state index in [0.717, 1.165) is 0 Å². The number of methoxy groups -OCH3 is 1. The van der Waals surface area contributed by atoms with E-state index in [1.807, 2.05) is 6.92 Å². The number of rotatable bonds is 4. The van der Waals surface area contributed by atoms with Crippen LogP contribution in [0.4, 0.5) is 0 Å². The third kappa shape index (κ3) is 3.61. The average Bonchev–Trinajstić information content (AvgIpc) is 2.02. The second kappa shape index (κ2) is 4.72. The van der Waals surface area contributed by atoms with Crippen molar-refractivity contribution in [3.63, 3.8) is 0 Å². The quantitative estimate of drug-likeness (QED) is 0.352. The molecular weight excluding hydrogens is 140 g/mol. The molecule has 0 aliphatic carbocycles. The van der Waals surface area contributed by atoms with E-state index in [-0.39, 0.29) is 5.78 Å². The maximum atomic E-state index is 11.0. The average molecular weight is 154 g/mol. The molecule has 0 rings (SSSR count). The summed E-state index contributed by atoms with van der Waals surface area (Å²) in [6, 6.07) is 0.